The van der Waals surface area contributed by atoms with Gasteiger partial charge in [0, 0.05) is 31.3 Å². The molecule has 1 amide bonds. The summed E-state index contributed by atoms with van der Waals surface area (Å²) in [6.45, 7) is 2.03. The van der Waals surface area contributed by atoms with E-state index < -0.39 is 26.8 Å². The topological polar surface area (TPSA) is 115 Å². The monoisotopic (exact) mass is 544 g/mol. The second kappa shape index (κ2) is 11.5. The van der Waals surface area contributed by atoms with Crippen LogP contribution in [0, 0.1) is 29.1 Å². The molecule has 1 aliphatic carbocycles. The van der Waals surface area contributed by atoms with Gasteiger partial charge in [-0.2, -0.15) is 0 Å². The number of nitrogens with zero attached hydrogens (tertiary/aromatic N) is 1. The first-order valence-electron chi connectivity index (χ1n) is 12.4. The first kappa shape index (κ1) is 27.6. The Labute approximate surface area is 222 Å². The molecule has 8 nitrogen and oxygen atoms in total. The van der Waals surface area contributed by atoms with E-state index in [1.54, 1.807) is 0 Å². The van der Waals surface area contributed by atoms with E-state index in [1.165, 1.54) is 18.3 Å². The maximum atomic E-state index is 12.9. The number of carbonyl (C=O) groups excluding carboxylic acids is 1. The Balaban J connectivity index is 1.42. The van der Waals surface area contributed by atoms with Gasteiger partial charge < -0.3 is 9.84 Å². The number of sulfone groups is 1. The van der Waals surface area contributed by atoms with E-state index in [1.807, 2.05) is 18.2 Å². The number of aliphatic hydroxyl groups excluding tert-OH is 1. The van der Waals surface area contributed by atoms with E-state index in [0.29, 0.717) is 19.4 Å². The minimum Gasteiger partial charge on any atom is -0.395 e. The highest BCUT2D eigenvalue weighted by Gasteiger charge is 2.44. The third-order valence-corrected chi connectivity index (χ3v) is 10.3. The standard InChI is InChI=1S/C27H32N2O6S2/c1-26(37(2,32)33,25(31)29-35-24-9-4-6-17-34-24)16-12-23-28-21-11-10-20(18-22(21)36-23)8-3-5-13-27(19-30)14-7-15-27/h10-11,18,24,30H,4,6-7,9,12,14-17,19H2,1-2H3,(H,29,31)/t24?,26-/m1/s1. The summed E-state index contributed by atoms with van der Waals surface area (Å²) < 4.78 is 29.9. The number of benzene rings is 1. The van der Waals surface area contributed by atoms with E-state index in [4.69, 9.17) is 9.57 Å². The van der Waals surface area contributed by atoms with E-state index in [2.05, 4.69) is 34.1 Å². The van der Waals surface area contributed by atoms with Crippen LogP contribution in [-0.2, 0) is 30.6 Å². The van der Waals surface area contributed by atoms with Gasteiger partial charge in [-0.25, -0.2) is 23.7 Å². The lowest BCUT2D eigenvalue weighted by Gasteiger charge is -2.34. The molecule has 2 atom stereocenters. The van der Waals surface area contributed by atoms with Crippen LogP contribution in [0.1, 0.15) is 62.4 Å². The molecular weight excluding hydrogens is 512 g/mol. The number of rotatable bonds is 8. The van der Waals surface area contributed by atoms with Crippen molar-refractivity contribution in [1.82, 2.24) is 10.5 Å². The zero-order chi connectivity index (χ0) is 26.5. The quantitative estimate of drug-likeness (QED) is 0.388. The molecule has 1 aromatic heterocycles. The van der Waals surface area contributed by atoms with Gasteiger partial charge >= 0.3 is 0 Å². The minimum absolute atomic E-state index is 0.0568. The predicted molar refractivity (Wildman–Crippen MR) is 142 cm³/mol. The van der Waals surface area contributed by atoms with Crippen molar-refractivity contribution in [3.8, 4) is 23.7 Å². The van der Waals surface area contributed by atoms with Crippen molar-refractivity contribution >= 4 is 37.3 Å². The lowest BCUT2D eigenvalue weighted by Crippen LogP contribution is -2.51. The van der Waals surface area contributed by atoms with E-state index in [0.717, 1.165) is 59.1 Å². The number of aromatic nitrogens is 1. The lowest BCUT2D eigenvalue weighted by atomic mass is 9.70. The third kappa shape index (κ3) is 6.51. The molecule has 0 radical (unpaired) electrons. The van der Waals surface area contributed by atoms with Gasteiger partial charge in [0.2, 0.25) is 0 Å². The number of hydrogen-bond donors (Lipinski definition) is 2. The van der Waals surface area contributed by atoms with Crippen molar-refractivity contribution in [3.05, 3.63) is 28.8 Å². The van der Waals surface area contributed by atoms with Crippen molar-refractivity contribution in [2.75, 3.05) is 19.5 Å². The van der Waals surface area contributed by atoms with Crippen molar-refractivity contribution < 1.29 is 27.9 Å². The number of thiazole rings is 1. The number of aliphatic hydroxyl groups is 1. The molecule has 2 fully saturated rings. The molecule has 10 heteroatoms. The number of aryl methyl sites for hydroxylation is 1. The molecule has 1 aromatic carbocycles. The molecule has 1 unspecified atom stereocenters. The lowest BCUT2D eigenvalue weighted by molar-refractivity contribution is -0.201. The predicted octanol–water partition coefficient (Wildman–Crippen LogP) is 3.12. The Hall–Kier alpha value is -2.47. The summed E-state index contributed by atoms with van der Waals surface area (Å²) in [5.41, 5.74) is 3.62. The number of fused-ring (bicyclic) bond motifs is 1. The number of nitrogens with one attached hydrogen (secondary N) is 1. The molecule has 0 spiro atoms. The molecular formula is C27H32N2O6S2. The summed E-state index contributed by atoms with van der Waals surface area (Å²) in [4.78, 5) is 22.8. The summed E-state index contributed by atoms with van der Waals surface area (Å²) in [7, 11) is -3.75. The van der Waals surface area contributed by atoms with Crippen molar-refractivity contribution in [3.63, 3.8) is 0 Å². The average molecular weight is 545 g/mol. The van der Waals surface area contributed by atoms with E-state index in [9.17, 15) is 18.3 Å². The number of hydroxylamine groups is 1. The maximum absolute atomic E-state index is 12.9. The van der Waals surface area contributed by atoms with Crippen LogP contribution in [0.15, 0.2) is 18.2 Å². The fourth-order valence-electron chi connectivity index (χ4n) is 4.19. The second-order valence-corrected chi connectivity index (χ2v) is 13.5. The van der Waals surface area contributed by atoms with Crippen LogP contribution in [0.25, 0.3) is 10.2 Å². The molecule has 0 bridgehead atoms. The highest BCUT2D eigenvalue weighted by molar-refractivity contribution is 7.92. The first-order chi connectivity index (χ1) is 17.6. The van der Waals surface area contributed by atoms with Gasteiger partial charge in [-0.05, 0) is 69.1 Å². The van der Waals surface area contributed by atoms with Crippen LogP contribution < -0.4 is 5.48 Å². The zero-order valence-electron chi connectivity index (χ0n) is 21.1. The highest BCUT2D eigenvalue weighted by atomic mass is 32.2. The molecule has 1 saturated carbocycles. The fourth-order valence-corrected chi connectivity index (χ4v) is 6.05. The average Bonchev–Trinajstić information content (AvgIpc) is 3.27. The van der Waals surface area contributed by atoms with Gasteiger partial charge in [-0.15, -0.1) is 11.3 Å². The van der Waals surface area contributed by atoms with Gasteiger partial charge in [-0.3, -0.25) is 4.79 Å². The summed E-state index contributed by atoms with van der Waals surface area (Å²) in [5.74, 6) is 11.2. The maximum Gasteiger partial charge on any atom is 0.264 e. The number of hydrogen-bond acceptors (Lipinski definition) is 8. The summed E-state index contributed by atoms with van der Waals surface area (Å²) in [5, 5.41) is 10.2. The second-order valence-electron chi connectivity index (χ2n) is 9.93. The number of carbonyl (C=O) groups is 1. The van der Waals surface area contributed by atoms with Crippen LogP contribution in [-0.4, -0.2) is 54.9 Å². The van der Waals surface area contributed by atoms with Crippen LogP contribution in [0.3, 0.4) is 0 Å². The highest BCUT2D eigenvalue weighted by Crippen LogP contribution is 2.39. The Kier molecular flexibility index (Phi) is 8.57. The first-order valence-corrected chi connectivity index (χ1v) is 15.2. The minimum atomic E-state index is -3.75. The molecule has 2 N–H and O–H groups in total. The molecule has 198 valence electrons. The van der Waals surface area contributed by atoms with Crippen LogP contribution >= 0.6 is 11.3 Å². The largest absolute Gasteiger partial charge is 0.395 e. The molecule has 4 rings (SSSR count). The van der Waals surface area contributed by atoms with Gasteiger partial charge in [0.25, 0.3) is 5.91 Å². The van der Waals surface area contributed by atoms with Crippen LogP contribution in [0.4, 0.5) is 0 Å². The van der Waals surface area contributed by atoms with Crippen molar-refractivity contribution in [1.29, 1.82) is 0 Å². The molecule has 2 heterocycles. The van der Waals surface area contributed by atoms with Gasteiger partial charge in [0.15, 0.2) is 16.1 Å². The summed E-state index contributed by atoms with van der Waals surface area (Å²) in [6.07, 6.45) is 6.27. The number of ether oxygens (including phenoxy) is 1. The molecule has 37 heavy (non-hydrogen) atoms. The summed E-state index contributed by atoms with van der Waals surface area (Å²) >= 11 is 1.44. The molecule has 2 aliphatic rings. The number of amides is 1. The Morgan fingerprint density at radius 1 is 1.32 bits per heavy atom. The molecule has 1 saturated heterocycles. The van der Waals surface area contributed by atoms with Crippen LogP contribution in [0.2, 0.25) is 0 Å². The Morgan fingerprint density at radius 3 is 2.78 bits per heavy atom. The molecule has 1 aliphatic heterocycles. The zero-order valence-corrected chi connectivity index (χ0v) is 22.8. The third-order valence-electron chi connectivity index (χ3n) is 7.18. The Morgan fingerprint density at radius 2 is 2.14 bits per heavy atom. The van der Waals surface area contributed by atoms with E-state index >= 15 is 0 Å². The van der Waals surface area contributed by atoms with Crippen molar-refractivity contribution in [2.45, 2.75) is 69.3 Å². The van der Waals surface area contributed by atoms with Gasteiger partial charge in [0.1, 0.15) is 4.75 Å². The van der Waals surface area contributed by atoms with Crippen LogP contribution in [0.5, 0.6) is 0 Å². The Bertz CT molecular complexity index is 1360. The molecule has 2 aromatic rings. The fraction of sp³-hybridized carbons (Fsp3) is 0.556. The van der Waals surface area contributed by atoms with Gasteiger partial charge in [-0.1, -0.05) is 18.3 Å². The smallest absolute Gasteiger partial charge is 0.264 e. The van der Waals surface area contributed by atoms with E-state index in [-0.39, 0.29) is 18.4 Å². The van der Waals surface area contributed by atoms with Gasteiger partial charge in [0.05, 0.1) is 27.2 Å². The SMILES string of the molecule is C[C@@](CCc1nc2ccc(C#CC#CC3(CO)CCC3)cc2s1)(C(=O)NOC1CCCCO1)S(C)(=O)=O. The van der Waals surface area contributed by atoms with Crippen molar-refractivity contribution in [2.24, 2.45) is 5.41 Å². The normalized spacial score (nSPS) is 20.5. The summed E-state index contributed by atoms with van der Waals surface area (Å²) in [6, 6.07) is 5.66.